The lowest BCUT2D eigenvalue weighted by Gasteiger charge is -2.23. The molecular formula is C32H27Cl2FN2O6S. The van der Waals surface area contributed by atoms with Gasteiger partial charge in [0.25, 0.3) is 5.56 Å². The minimum Gasteiger partial charge on any atom is -0.490 e. The molecule has 1 aliphatic rings. The van der Waals surface area contributed by atoms with Crippen LogP contribution in [-0.2, 0) is 16.1 Å². The van der Waals surface area contributed by atoms with Gasteiger partial charge in [-0.1, -0.05) is 52.7 Å². The van der Waals surface area contributed by atoms with E-state index >= 15 is 0 Å². The molecule has 8 nitrogen and oxygen atoms in total. The first-order valence-electron chi connectivity index (χ1n) is 13.6. The fraction of sp³-hybridized carbons (Fsp3) is 0.219. The van der Waals surface area contributed by atoms with E-state index in [4.69, 9.17) is 42.1 Å². The Hall–Kier alpha value is -4.12. The predicted molar refractivity (Wildman–Crippen MR) is 167 cm³/mol. The van der Waals surface area contributed by atoms with Crippen molar-refractivity contribution in [1.82, 2.24) is 4.57 Å². The van der Waals surface area contributed by atoms with Crippen molar-refractivity contribution in [3.05, 3.63) is 119 Å². The number of esters is 1. The van der Waals surface area contributed by atoms with E-state index in [-0.39, 0.29) is 39.4 Å². The third kappa shape index (κ3) is 6.52. The van der Waals surface area contributed by atoms with E-state index in [1.165, 1.54) is 30.0 Å². The van der Waals surface area contributed by atoms with E-state index in [1.807, 2.05) is 13.8 Å². The maximum absolute atomic E-state index is 13.9. The Morgan fingerprint density at radius 3 is 2.34 bits per heavy atom. The Labute approximate surface area is 266 Å². The minimum atomic E-state index is -0.829. The molecule has 0 fully saturated rings. The molecule has 0 unspecified atom stereocenters. The maximum atomic E-state index is 13.9. The number of thiazole rings is 1. The fourth-order valence-corrected chi connectivity index (χ4v) is 6.26. The molecule has 0 spiro atoms. The number of methoxy groups -OCH3 is 1. The molecule has 2 heterocycles. The molecule has 0 N–H and O–H groups in total. The van der Waals surface area contributed by atoms with Crippen molar-refractivity contribution >= 4 is 46.6 Å². The zero-order valence-electron chi connectivity index (χ0n) is 23.9. The molecule has 0 saturated carbocycles. The highest BCUT2D eigenvalue weighted by molar-refractivity contribution is 7.07. The number of ether oxygens (including phenoxy) is 4. The summed E-state index contributed by atoms with van der Waals surface area (Å²) in [6.07, 6.45) is 3.07. The highest BCUT2D eigenvalue weighted by atomic mass is 35.5. The molecule has 0 amide bonds. The van der Waals surface area contributed by atoms with Gasteiger partial charge in [-0.05, 0) is 73.0 Å². The van der Waals surface area contributed by atoms with Crippen LogP contribution in [0.1, 0.15) is 36.6 Å². The van der Waals surface area contributed by atoms with Crippen LogP contribution in [0, 0.1) is 5.82 Å². The zero-order valence-corrected chi connectivity index (χ0v) is 26.3. The van der Waals surface area contributed by atoms with Gasteiger partial charge < -0.3 is 18.9 Å². The van der Waals surface area contributed by atoms with Gasteiger partial charge in [0.05, 0.1) is 46.5 Å². The first kappa shape index (κ1) is 31.3. The van der Waals surface area contributed by atoms with Crippen molar-refractivity contribution in [3.8, 4) is 17.2 Å². The lowest BCUT2D eigenvalue weighted by Crippen LogP contribution is -2.39. The number of nitrogens with zero attached hydrogens (tertiary/aromatic N) is 2. The second kappa shape index (κ2) is 13.7. The molecule has 0 bridgehead atoms. The van der Waals surface area contributed by atoms with Crippen molar-refractivity contribution < 1.29 is 28.1 Å². The van der Waals surface area contributed by atoms with Crippen LogP contribution < -0.4 is 29.1 Å². The van der Waals surface area contributed by atoms with Crippen molar-refractivity contribution in [1.29, 1.82) is 0 Å². The maximum Gasteiger partial charge on any atom is 0.337 e. The monoisotopic (exact) mass is 656 g/mol. The number of rotatable bonds is 10. The van der Waals surface area contributed by atoms with E-state index in [1.54, 1.807) is 48.5 Å². The van der Waals surface area contributed by atoms with Crippen LogP contribution in [0.3, 0.4) is 0 Å². The first-order valence-corrected chi connectivity index (χ1v) is 15.2. The van der Waals surface area contributed by atoms with E-state index in [0.717, 1.165) is 16.9 Å². The molecule has 3 aromatic carbocycles. The second-order valence-corrected chi connectivity index (χ2v) is 11.3. The molecule has 0 radical (unpaired) electrons. The van der Waals surface area contributed by atoms with Crippen LogP contribution >= 0.6 is 34.5 Å². The highest BCUT2D eigenvalue weighted by Crippen LogP contribution is 2.36. The number of carbonyl (C=O) groups excluding carboxylic acids is 1. The standard InChI is InChI=1S/C32H27Cl2FN2O6S/c1-4-41-25-11-8-20(15-26(25)42-5-2)28-22(31(39)40-3)16-36-32-37(28)30(38)27(44-32)14-19-12-23(33)29(24(34)13-19)43-17-18-6-9-21(35)10-7-18/h6-16,28H,4-5,17H2,1-3H3/b27-14-/t28-/m1/s1. The summed E-state index contributed by atoms with van der Waals surface area (Å²) in [7, 11) is 1.27. The smallest absolute Gasteiger partial charge is 0.337 e. The summed E-state index contributed by atoms with van der Waals surface area (Å²) >= 11 is 14.2. The molecule has 0 saturated heterocycles. The predicted octanol–water partition coefficient (Wildman–Crippen LogP) is 5.84. The van der Waals surface area contributed by atoms with Gasteiger partial charge in [-0.15, -0.1) is 0 Å². The SMILES string of the molecule is CCOc1ccc([C@@H]2C(C(=O)OC)=CN=c3s/c(=C\c4cc(Cl)c(OCc5ccc(F)cc5)c(Cl)c4)c(=O)n32)cc1OCC. The Kier molecular flexibility index (Phi) is 9.73. The Balaban J connectivity index is 1.54. The van der Waals surface area contributed by atoms with Crippen molar-refractivity contribution in [3.63, 3.8) is 0 Å². The molecule has 0 aliphatic carbocycles. The van der Waals surface area contributed by atoms with Gasteiger partial charge in [-0.25, -0.2) is 14.2 Å². The van der Waals surface area contributed by atoms with Crippen LogP contribution in [0.5, 0.6) is 17.2 Å². The number of hydrogen-bond acceptors (Lipinski definition) is 8. The van der Waals surface area contributed by atoms with Gasteiger partial charge in [-0.3, -0.25) is 9.36 Å². The topological polar surface area (TPSA) is 88.4 Å². The summed E-state index contributed by atoms with van der Waals surface area (Å²) in [6.45, 7) is 4.70. The molecule has 1 atom stereocenters. The van der Waals surface area contributed by atoms with Gasteiger partial charge in [-0.2, -0.15) is 0 Å². The Morgan fingerprint density at radius 2 is 1.68 bits per heavy atom. The summed E-state index contributed by atoms with van der Waals surface area (Å²) in [6, 6.07) is 13.6. The van der Waals surface area contributed by atoms with Crippen LogP contribution in [0.25, 0.3) is 6.08 Å². The molecule has 12 heteroatoms. The lowest BCUT2D eigenvalue weighted by atomic mass is 9.97. The van der Waals surface area contributed by atoms with E-state index < -0.39 is 12.0 Å². The second-order valence-electron chi connectivity index (χ2n) is 9.48. The minimum absolute atomic E-state index is 0.136. The molecule has 4 aromatic rings. The van der Waals surface area contributed by atoms with Crippen molar-refractivity contribution in [2.75, 3.05) is 20.3 Å². The number of fused-ring (bicyclic) bond motifs is 1. The largest absolute Gasteiger partial charge is 0.490 e. The van der Waals surface area contributed by atoms with E-state index in [9.17, 15) is 14.0 Å². The van der Waals surface area contributed by atoms with Crippen molar-refractivity contribution in [2.45, 2.75) is 26.5 Å². The molecule has 228 valence electrons. The van der Waals surface area contributed by atoms with Gasteiger partial charge in [0.15, 0.2) is 22.0 Å². The number of aromatic nitrogens is 1. The number of benzene rings is 3. The molecule has 44 heavy (non-hydrogen) atoms. The van der Waals surface area contributed by atoms with E-state index in [2.05, 4.69) is 4.99 Å². The lowest BCUT2D eigenvalue weighted by molar-refractivity contribution is -0.136. The van der Waals surface area contributed by atoms with Crippen LogP contribution in [0.15, 0.2) is 76.2 Å². The van der Waals surface area contributed by atoms with E-state index in [0.29, 0.717) is 45.2 Å². The normalized spacial score (nSPS) is 14.4. The summed E-state index contributed by atoms with van der Waals surface area (Å²) in [5.74, 6) is 0.338. The Bertz CT molecular complexity index is 1900. The molecule has 1 aliphatic heterocycles. The van der Waals surface area contributed by atoms with Crippen LogP contribution in [-0.4, -0.2) is 30.9 Å². The highest BCUT2D eigenvalue weighted by Gasteiger charge is 2.31. The Morgan fingerprint density at radius 1 is 1.00 bits per heavy atom. The third-order valence-electron chi connectivity index (χ3n) is 6.62. The average Bonchev–Trinajstić information content (AvgIpc) is 3.32. The third-order valence-corrected chi connectivity index (χ3v) is 8.18. The number of halogens is 3. The van der Waals surface area contributed by atoms with Gasteiger partial charge >= 0.3 is 5.97 Å². The van der Waals surface area contributed by atoms with Gasteiger partial charge in [0.1, 0.15) is 12.4 Å². The summed E-state index contributed by atoms with van der Waals surface area (Å²) in [5.41, 5.74) is 1.73. The first-order chi connectivity index (χ1) is 21.2. The molecule has 1 aromatic heterocycles. The fourth-order valence-electron chi connectivity index (χ4n) is 4.68. The number of hydrogen-bond donors (Lipinski definition) is 0. The quantitative estimate of drug-likeness (QED) is 0.199. The zero-order chi connectivity index (χ0) is 31.4. The average molecular weight is 658 g/mol. The molecule has 5 rings (SSSR count). The van der Waals surface area contributed by atoms with Gasteiger partial charge in [0, 0.05) is 6.20 Å². The van der Waals surface area contributed by atoms with Gasteiger partial charge in [0.2, 0.25) is 0 Å². The summed E-state index contributed by atoms with van der Waals surface area (Å²) in [4.78, 5) is 31.5. The van der Waals surface area contributed by atoms with Crippen LogP contribution in [0.2, 0.25) is 10.0 Å². The summed E-state index contributed by atoms with van der Waals surface area (Å²) in [5, 5.41) is 0.477. The number of carbonyl (C=O) groups is 1. The van der Waals surface area contributed by atoms with Crippen molar-refractivity contribution in [2.24, 2.45) is 4.99 Å². The molecular weight excluding hydrogens is 630 g/mol. The van der Waals surface area contributed by atoms with Crippen LogP contribution in [0.4, 0.5) is 4.39 Å². The summed E-state index contributed by atoms with van der Waals surface area (Å²) < 4.78 is 37.3.